The number of aromatic nitrogens is 2. The van der Waals surface area contributed by atoms with E-state index in [0.29, 0.717) is 24.7 Å². The van der Waals surface area contributed by atoms with Gasteiger partial charge in [0.25, 0.3) is 5.88 Å². The van der Waals surface area contributed by atoms with E-state index in [1.165, 1.54) is 5.56 Å². The average molecular weight is 429 g/mol. The first-order chi connectivity index (χ1) is 14.8. The lowest BCUT2D eigenvalue weighted by atomic mass is 10.0. The van der Waals surface area contributed by atoms with Crippen LogP contribution in [0.4, 0.5) is 10.5 Å². The van der Waals surface area contributed by atoms with Crippen molar-refractivity contribution in [3.8, 4) is 11.6 Å². The van der Waals surface area contributed by atoms with Gasteiger partial charge in [0.05, 0.1) is 25.4 Å². The molecule has 3 heterocycles. The van der Waals surface area contributed by atoms with E-state index in [0.717, 1.165) is 54.5 Å². The van der Waals surface area contributed by atoms with E-state index in [2.05, 4.69) is 5.32 Å². The number of piperidine rings is 1. The van der Waals surface area contributed by atoms with Gasteiger partial charge in [0.15, 0.2) is 5.75 Å². The summed E-state index contributed by atoms with van der Waals surface area (Å²) in [6.45, 7) is 6.99. The third-order valence-corrected chi connectivity index (χ3v) is 5.75. The summed E-state index contributed by atoms with van der Waals surface area (Å²) >= 11 is 0. The van der Waals surface area contributed by atoms with Crippen LogP contribution in [0.25, 0.3) is 11.0 Å². The van der Waals surface area contributed by atoms with Gasteiger partial charge >= 0.3 is 6.09 Å². The molecular weight excluding hydrogens is 396 g/mol. The van der Waals surface area contributed by atoms with Gasteiger partial charge in [-0.15, -0.1) is 0 Å². The second-order valence-electron chi connectivity index (χ2n) is 9.24. The van der Waals surface area contributed by atoms with Gasteiger partial charge in [-0.3, -0.25) is 4.98 Å². The van der Waals surface area contributed by atoms with Crippen LogP contribution >= 0.6 is 0 Å². The standard InChI is InChI=1S/C23H32N4O4/c1-23(2,3)31-22(28)27-11-7-8-14(13-27)24-19-15-9-6-10-16(15)25-17-12-18(29-4)21(30-5)26-20(17)19/h12,14H,6-11,13H2,1-5H3,(H,24,25)/t14-/m1/s1. The molecule has 8 heteroatoms. The van der Waals surface area contributed by atoms with Gasteiger partial charge in [0, 0.05) is 30.9 Å². The number of rotatable bonds is 4. The summed E-state index contributed by atoms with van der Waals surface area (Å²) in [6, 6.07) is 2.00. The minimum Gasteiger partial charge on any atom is -0.491 e. The molecule has 0 radical (unpaired) electrons. The fourth-order valence-electron chi connectivity index (χ4n) is 4.39. The number of carbonyl (C=O) groups excluding carboxylic acids is 1. The quantitative estimate of drug-likeness (QED) is 0.789. The number of hydrogen-bond donors (Lipinski definition) is 1. The first-order valence-electron chi connectivity index (χ1n) is 11.0. The van der Waals surface area contributed by atoms with Crippen LogP contribution in [0, 0.1) is 0 Å². The molecule has 0 unspecified atom stereocenters. The smallest absolute Gasteiger partial charge is 0.410 e. The maximum atomic E-state index is 12.6. The van der Waals surface area contributed by atoms with Crippen LogP contribution in [0.3, 0.4) is 0 Å². The minimum atomic E-state index is -0.501. The third-order valence-electron chi connectivity index (χ3n) is 5.75. The van der Waals surface area contributed by atoms with Gasteiger partial charge in [-0.2, -0.15) is 0 Å². The summed E-state index contributed by atoms with van der Waals surface area (Å²) in [6.07, 6.45) is 4.66. The highest BCUT2D eigenvalue weighted by atomic mass is 16.6. The molecular formula is C23H32N4O4. The second-order valence-corrected chi connectivity index (χ2v) is 9.24. The molecule has 0 bridgehead atoms. The fourth-order valence-corrected chi connectivity index (χ4v) is 4.39. The number of anilines is 1. The van der Waals surface area contributed by atoms with Gasteiger partial charge in [-0.05, 0) is 58.4 Å². The summed E-state index contributed by atoms with van der Waals surface area (Å²) in [5.41, 5.74) is 4.42. The molecule has 2 aliphatic rings. The highest BCUT2D eigenvalue weighted by Crippen LogP contribution is 2.38. The van der Waals surface area contributed by atoms with Crippen LogP contribution in [0.15, 0.2) is 6.07 Å². The van der Waals surface area contributed by atoms with Crippen molar-refractivity contribution in [2.45, 2.75) is 64.5 Å². The molecule has 1 N–H and O–H groups in total. The number of pyridine rings is 2. The van der Waals surface area contributed by atoms with E-state index >= 15 is 0 Å². The van der Waals surface area contributed by atoms with E-state index in [1.807, 2.05) is 26.8 Å². The topological polar surface area (TPSA) is 85.8 Å². The maximum absolute atomic E-state index is 12.6. The summed E-state index contributed by atoms with van der Waals surface area (Å²) in [7, 11) is 3.19. The summed E-state index contributed by atoms with van der Waals surface area (Å²) in [5, 5.41) is 3.71. The van der Waals surface area contributed by atoms with Gasteiger partial charge in [0.2, 0.25) is 0 Å². The Labute approximate surface area is 183 Å². The maximum Gasteiger partial charge on any atom is 0.410 e. The first kappa shape index (κ1) is 21.5. The van der Waals surface area contributed by atoms with Crippen molar-refractivity contribution >= 4 is 22.8 Å². The molecule has 1 amide bonds. The van der Waals surface area contributed by atoms with E-state index in [4.69, 9.17) is 24.2 Å². The number of aryl methyl sites for hydroxylation is 1. The SMILES string of the molecule is COc1cc2nc3c(c(N[C@@H]4CCCN(C(=O)OC(C)(C)C)C4)c2nc1OC)CCC3. The number of carbonyl (C=O) groups is 1. The number of amides is 1. The number of nitrogens with zero attached hydrogens (tertiary/aromatic N) is 3. The Kier molecular flexibility index (Phi) is 5.81. The normalized spacial score (nSPS) is 18.6. The fraction of sp³-hybridized carbons (Fsp3) is 0.609. The van der Waals surface area contributed by atoms with Crippen molar-refractivity contribution in [2.75, 3.05) is 32.6 Å². The van der Waals surface area contributed by atoms with Crippen molar-refractivity contribution in [1.29, 1.82) is 0 Å². The summed E-state index contributed by atoms with van der Waals surface area (Å²) < 4.78 is 16.5. The lowest BCUT2D eigenvalue weighted by Crippen LogP contribution is -2.47. The molecule has 1 aliphatic heterocycles. The van der Waals surface area contributed by atoms with Crippen molar-refractivity contribution in [3.63, 3.8) is 0 Å². The highest BCUT2D eigenvalue weighted by molar-refractivity contribution is 5.92. The molecule has 31 heavy (non-hydrogen) atoms. The molecule has 0 saturated carbocycles. The number of ether oxygens (including phenoxy) is 3. The van der Waals surface area contributed by atoms with Crippen molar-refractivity contribution < 1.29 is 19.0 Å². The van der Waals surface area contributed by atoms with Crippen LogP contribution in [0.5, 0.6) is 11.6 Å². The lowest BCUT2D eigenvalue weighted by Gasteiger charge is -2.35. The predicted octanol–water partition coefficient (Wildman–Crippen LogP) is 3.95. The van der Waals surface area contributed by atoms with Gasteiger partial charge in [-0.25, -0.2) is 9.78 Å². The van der Waals surface area contributed by atoms with E-state index in [-0.39, 0.29) is 12.1 Å². The molecule has 0 spiro atoms. The molecule has 1 fully saturated rings. The van der Waals surface area contributed by atoms with E-state index in [1.54, 1.807) is 19.1 Å². The second kappa shape index (κ2) is 8.40. The summed E-state index contributed by atoms with van der Waals surface area (Å²) in [4.78, 5) is 24.0. The van der Waals surface area contributed by atoms with Crippen LogP contribution < -0.4 is 14.8 Å². The lowest BCUT2D eigenvalue weighted by molar-refractivity contribution is 0.0206. The van der Waals surface area contributed by atoms with Crippen molar-refractivity contribution in [2.24, 2.45) is 0 Å². The number of hydrogen-bond acceptors (Lipinski definition) is 7. The van der Waals surface area contributed by atoms with Crippen molar-refractivity contribution in [3.05, 3.63) is 17.3 Å². The molecule has 2 aromatic rings. The highest BCUT2D eigenvalue weighted by Gasteiger charge is 2.30. The van der Waals surface area contributed by atoms with Crippen LogP contribution in [-0.2, 0) is 17.6 Å². The molecule has 1 saturated heterocycles. The number of likely N-dealkylation sites (tertiary alicyclic amines) is 1. The Bertz CT molecular complexity index is 986. The Balaban J connectivity index is 1.65. The monoisotopic (exact) mass is 428 g/mol. The Morgan fingerprint density at radius 2 is 1.97 bits per heavy atom. The Morgan fingerprint density at radius 3 is 2.68 bits per heavy atom. The van der Waals surface area contributed by atoms with E-state index in [9.17, 15) is 4.79 Å². The van der Waals surface area contributed by atoms with E-state index < -0.39 is 5.60 Å². The zero-order valence-corrected chi connectivity index (χ0v) is 19.1. The summed E-state index contributed by atoms with van der Waals surface area (Å²) in [5.74, 6) is 1.01. The third kappa shape index (κ3) is 4.48. The molecule has 1 aliphatic carbocycles. The zero-order valence-electron chi connectivity index (χ0n) is 19.1. The number of nitrogens with one attached hydrogen (secondary N) is 1. The molecule has 0 aromatic carbocycles. The number of methoxy groups -OCH3 is 2. The van der Waals surface area contributed by atoms with Crippen LogP contribution in [-0.4, -0.2) is 59.9 Å². The van der Waals surface area contributed by atoms with Gasteiger partial charge in [0.1, 0.15) is 11.1 Å². The van der Waals surface area contributed by atoms with Crippen LogP contribution in [0.1, 0.15) is 51.3 Å². The van der Waals surface area contributed by atoms with Gasteiger partial charge in [-0.1, -0.05) is 0 Å². The van der Waals surface area contributed by atoms with Gasteiger partial charge < -0.3 is 24.4 Å². The Morgan fingerprint density at radius 1 is 1.16 bits per heavy atom. The first-order valence-corrected chi connectivity index (χ1v) is 11.0. The zero-order chi connectivity index (χ0) is 22.2. The minimum absolute atomic E-state index is 0.117. The molecule has 1 atom stereocenters. The molecule has 4 rings (SSSR count). The number of fused-ring (bicyclic) bond motifs is 2. The van der Waals surface area contributed by atoms with Crippen LogP contribution in [0.2, 0.25) is 0 Å². The largest absolute Gasteiger partial charge is 0.491 e. The average Bonchev–Trinajstić information content (AvgIpc) is 3.20. The predicted molar refractivity (Wildman–Crippen MR) is 119 cm³/mol. The molecule has 8 nitrogen and oxygen atoms in total. The molecule has 168 valence electrons. The molecule has 2 aromatic heterocycles. The van der Waals surface area contributed by atoms with Crippen molar-refractivity contribution in [1.82, 2.24) is 14.9 Å². The Hall–Kier alpha value is -2.77.